The van der Waals surface area contributed by atoms with Gasteiger partial charge in [0.1, 0.15) is 0 Å². The van der Waals surface area contributed by atoms with E-state index in [2.05, 4.69) is 20.8 Å². The molecule has 2 saturated carbocycles. The third-order valence-corrected chi connectivity index (χ3v) is 4.12. The van der Waals surface area contributed by atoms with Crippen LogP contribution in [0.15, 0.2) is 0 Å². The van der Waals surface area contributed by atoms with Gasteiger partial charge in [-0.2, -0.15) is 0 Å². The Morgan fingerprint density at radius 2 is 2.00 bits per heavy atom. The van der Waals surface area contributed by atoms with E-state index in [1.165, 1.54) is 19.3 Å². The van der Waals surface area contributed by atoms with Crippen molar-refractivity contribution in [1.29, 1.82) is 0 Å². The molecule has 0 aliphatic heterocycles. The summed E-state index contributed by atoms with van der Waals surface area (Å²) in [4.78, 5) is 0. The van der Waals surface area contributed by atoms with Gasteiger partial charge in [0.25, 0.3) is 0 Å². The van der Waals surface area contributed by atoms with Gasteiger partial charge in [0, 0.05) is 0 Å². The summed E-state index contributed by atoms with van der Waals surface area (Å²) in [6, 6.07) is 0. The quantitative estimate of drug-likeness (QED) is 0.550. The van der Waals surface area contributed by atoms with Crippen molar-refractivity contribution in [3.63, 3.8) is 0 Å². The van der Waals surface area contributed by atoms with Gasteiger partial charge in [-0.15, -0.1) is 0 Å². The largest absolute Gasteiger partial charge is 0.0648 e. The van der Waals surface area contributed by atoms with Crippen LogP contribution in [0.4, 0.5) is 0 Å². The zero-order chi connectivity index (χ0) is 7.35. The molecule has 0 spiro atoms. The van der Waals surface area contributed by atoms with Crippen molar-refractivity contribution >= 4 is 0 Å². The van der Waals surface area contributed by atoms with Gasteiger partial charge in [0.2, 0.25) is 0 Å². The number of hydrogen-bond donors (Lipinski definition) is 0. The Morgan fingerprint density at radius 1 is 1.40 bits per heavy atom. The minimum atomic E-state index is 0.751. The van der Waals surface area contributed by atoms with Gasteiger partial charge in [0.05, 0.1) is 0 Å². The van der Waals surface area contributed by atoms with Gasteiger partial charge in [-0.05, 0) is 36.0 Å². The van der Waals surface area contributed by atoms with Crippen LogP contribution in [-0.4, -0.2) is 0 Å². The fourth-order valence-corrected chi connectivity index (χ4v) is 2.80. The molecule has 3 atom stereocenters. The lowest BCUT2D eigenvalue weighted by molar-refractivity contribution is 0.448. The molecule has 0 heteroatoms. The molecule has 2 fully saturated rings. The van der Waals surface area contributed by atoms with Crippen LogP contribution >= 0.6 is 0 Å². The third-order valence-electron chi connectivity index (χ3n) is 4.12. The van der Waals surface area contributed by atoms with Crippen LogP contribution in [0.2, 0.25) is 0 Å². The van der Waals surface area contributed by atoms with Crippen LogP contribution in [0, 0.1) is 23.2 Å². The highest BCUT2D eigenvalue weighted by Gasteiger charge is 2.61. The van der Waals surface area contributed by atoms with Gasteiger partial charge in [-0.3, -0.25) is 0 Å². The predicted octanol–water partition coefficient (Wildman–Crippen LogP) is 3.08. The highest BCUT2D eigenvalue weighted by molar-refractivity contribution is 5.10. The Bertz CT molecular complexity index is 146. The van der Waals surface area contributed by atoms with Crippen LogP contribution in [0.5, 0.6) is 0 Å². The van der Waals surface area contributed by atoms with E-state index < -0.39 is 0 Å². The molecule has 0 saturated heterocycles. The molecule has 0 aromatic carbocycles. The standard InChI is InChI=1S/C10H18/c1-4-10(3)7(2)9(10)8-5-6-8/h7-9H,4-6H2,1-3H3. The second-order valence-corrected chi connectivity index (χ2v) is 4.51. The summed E-state index contributed by atoms with van der Waals surface area (Å²) in [6.07, 6.45) is 4.46. The maximum absolute atomic E-state index is 2.47. The molecule has 2 rings (SSSR count). The van der Waals surface area contributed by atoms with E-state index in [1.807, 2.05) is 0 Å². The fraction of sp³-hybridized carbons (Fsp3) is 1.00. The van der Waals surface area contributed by atoms with Crippen molar-refractivity contribution in [2.24, 2.45) is 23.2 Å². The molecule has 0 amide bonds. The molecular weight excluding hydrogens is 120 g/mol. The first-order valence-electron chi connectivity index (χ1n) is 4.70. The zero-order valence-electron chi connectivity index (χ0n) is 7.35. The Kier molecular flexibility index (Phi) is 1.19. The second-order valence-electron chi connectivity index (χ2n) is 4.51. The van der Waals surface area contributed by atoms with E-state index in [0.29, 0.717) is 0 Å². The van der Waals surface area contributed by atoms with E-state index in [-0.39, 0.29) is 0 Å². The molecule has 0 heterocycles. The third kappa shape index (κ3) is 0.681. The van der Waals surface area contributed by atoms with E-state index in [9.17, 15) is 0 Å². The highest BCUT2D eigenvalue weighted by atomic mass is 14.7. The molecule has 0 bridgehead atoms. The van der Waals surface area contributed by atoms with Gasteiger partial charge < -0.3 is 0 Å². The van der Waals surface area contributed by atoms with Crippen molar-refractivity contribution < 1.29 is 0 Å². The monoisotopic (exact) mass is 138 g/mol. The summed E-state index contributed by atoms with van der Waals surface area (Å²) in [7, 11) is 0. The first-order chi connectivity index (χ1) is 4.70. The summed E-state index contributed by atoms with van der Waals surface area (Å²) in [5.41, 5.74) is 0.751. The van der Waals surface area contributed by atoms with E-state index in [0.717, 1.165) is 23.2 Å². The maximum Gasteiger partial charge on any atom is -0.0266 e. The van der Waals surface area contributed by atoms with Crippen molar-refractivity contribution in [3.8, 4) is 0 Å². The molecule has 2 aliphatic carbocycles. The average Bonchev–Trinajstić information content (AvgIpc) is 2.75. The Labute approximate surface area is 64.0 Å². The molecule has 2 aliphatic rings. The van der Waals surface area contributed by atoms with Crippen LogP contribution in [0.1, 0.15) is 40.0 Å². The minimum absolute atomic E-state index is 0.751. The lowest BCUT2D eigenvalue weighted by Gasteiger charge is -2.05. The highest BCUT2D eigenvalue weighted by Crippen LogP contribution is 2.68. The summed E-state index contributed by atoms with van der Waals surface area (Å²) in [5, 5.41) is 0. The summed E-state index contributed by atoms with van der Waals surface area (Å²) in [5.74, 6) is 3.28. The fourth-order valence-electron chi connectivity index (χ4n) is 2.80. The zero-order valence-corrected chi connectivity index (χ0v) is 7.35. The topological polar surface area (TPSA) is 0 Å². The van der Waals surface area contributed by atoms with Crippen molar-refractivity contribution in [2.45, 2.75) is 40.0 Å². The van der Waals surface area contributed by atoms with Crippen molar-refractivity contribution in [2.75, 3.05) is 0 Å². The van der Waals surface area contributed by atoms with Gasteiger partial charge in [0.15, 0.2) is 0 Å². The summed E-state index contributed by atoms with van der Waals surface area (Å²) < 4.78 is 0. The molecular formula is C10H18. The Hall–Kier alpha value is 0. The molecule has 0 radical (unpaired) electrons. The lowest BCUT2D eigenvalue weighted by atomic mass is 10.0. The maximum atomic E-state index is 2.47. The van der Waals surface area contributed by atoms with E-state index >= 15 is 0 Å². The van der Waals surface area contributed by atoms with Crippen LogP contribution < -0.4 is 0 Å². The lowest BCUT2D eigenvalue weighted by Crippen LogP contribution is -1.96. The molecule has 0 N–H and O–H groups in total. The number of rotatable bonds is 2. The minimum Gasteiger partial charge on any atom is -0.0648 e. The molecule has 0 aromatic heterocycles. The van der Waals surface area contributed by atoms with E-state index in [1.54, 1.807) is 0 Å². The second kappa shape index (κ2) is 1.78. The molecule has 58 valence electrons. The van der Waals surface area contributed by atoms with Gasteiger partial charge in [-0.1, -0.05) is 27.2 Å². The van der Waals surface area contributed by atoms with Gasteiger partial charge in [-0.25, -0.2) is 0 Å². The number of hydrogen-bond acceptors (Lipinski definition) is 0. The molecule has 3 unspecified atom stereocenters. The average molecular weight is 138 g/mol. The summed E-state index contributed by atoms with van der Waals surface area (Å²) >= 11 is 0. The van der Waals surface area contributed by atoms with Gasteiger partial charge >= 0.3 is 0 Å². The van der Waals surface area contributed by atoms with E-state index in [4.69, 9.17) is 0 Å². The molecule has 10 heavy (non-hydrogen) atoms. The summed E-state index contributed by atoms with van der Waals surface area (Å²) in [6.45, 7) is 7.26. The normalized spacial score (nSPS) is 53.1. The smallest absolute Gasteiger partial charge is 0.0266 e. The Morgan fingerprint density at radius 3 is 2.30 bits per heavy atom. The Balaban J connectivity index is 2.01. The van der Waals surface area contributed by atoms with Crippen molar-refractivity contribution in [3.05, 3.63) is 0 Å². The molecule has 0 nitrogen and oxygen atoms in total. The van der Waals surface area contributed by atoms with Crippen LogP contribution in [-0.2, 0) is 0 Å². The van der Waals surface area contributed by atoms with Crippen LogP contribution in [0.25, 0.3) is 0 Å². The van der Waals surface area contributed by atoms with Crippen molar-refractivity contribution in [1.82, 2.24) is 0 Å². The first kappa shape index (κ1) is 6.69. The SMILES string of the molecule is CCC1(C)C(C)C1C1CC1. The first-order valence-corrected chi connectivity index (χ1v) is 4.70. The van der Waals surface area contributed by atoms with Crippen LogP contribution in [0.3, 0.4) is 0 Å². The molecule has 0 aromatic rings. The predicted molar refractivity (Wildman–Crippen MR) is 43.8 cm³/mol.